The van der Waals surface area contributed by atoms with Gasteiger partial charge in [-0.15, -0.1) is 22.7 Å². The Morgan fingerprint density at radius 2 is 2.29 bits per heavy atom. The molecule has 3 nitrogen and oxygen atoms in total. The van der Waals surface area contributed by atoms with Gasteiger partial charge in [-0.3, -0.25) is 0 Å². The van der Waals surface area contributed by atoms with Crippen molar-refractivity contribution < 1.29 is 5.11 Å². The highest BCUT2D eigenvalue weighted by atomic mass is 79.9. The normalized spacial score (nSPS) is 13.1. The Bertz CT molecular complexity index is 440. The second kappa shape index (κ2) is 4.06. The Hall–Kier alpha value is -0.300. The predicted octanol–water partition coefficient (Wildman–Crippen LogP) is 2.75. The molecule has 6 heteroatoms. The van der Waals surface area contributed by atoms with E-state index in [4.69, 9.17) is 0 Å². The molecule has 0 amide bonds. The molecule has 0 radical (unpaired) electrons. The summed E-state index contributed by atoms with van der Waals surface area (Å²) in [6.07, 6.45) is -0.657. The molecular weight excluding hydrogens is 284 g/mol. The van der Waals surface area contributed by atoms with Gasteiger partial charge in [0.1, 0.15) is 15.7 Å². The Balaban J connectivity index is 2.33. The van der Waals surface area contributed by atoms with E-state index in [1.54, 1.807) is 5.51 Å². The van der Waals surface area contributed by atoms with Crippen molar-refractivity contribution in [3.8, 4) is 0 Å². The van der Waals surface area contributed by atoms with Crippen LogP contribution in [0.5, 0.6) is 0 Å². The fraction of sp³-hybridized carbons (Fsp3) is 0.250. The van der Waals surface area contributed by atoms with E-state index in [1.807, 2.05) is 12.3 Å². The number of hydrogen-bond donors (Lipinski definition) is 1. The fourth-order valence-corrected chi connectivity index (χ4v) is 3.29. The average Bonchev–Trinajstić information content (AvgIpc) is 2.73. The fourth-order valence-electron chi connectivity index (χ4n) is 1.03. The van der Waals surface area contributed by atoms with Crippen molar-refractivity contribution in [1.82, 2.24) is 9.97 Å². The summed E-state index contributed by atoms with van der Waals surface area (Å²) in [6.45, 7) is 1.91. The van der Waals surface area contributed by atoms with E-state index >= 15 is 0 Å². The number of rotatable bonds is 2. The van der Waals surface area contributed by atoms with Crippen LogP contribution in [0.15, 0.2) is 15.5 Å². The van der Waals surface area contributed by atoms with E-state index in [1.165, 1.54) is 22.7 Å². The summed E-state index contributed by atoms with van der Waals surface area (Å²) in [4.78, 5) is 9.06. The molecule has 14 heavy (non-hydrogen) atoms. The Morgan fingerprint density at radius 3 is 2.79 bits per heavy atom. The molecule has 0 aliphatic rings. The van der Waals surface area contributed by atoms with Gasteiger partial charge in [-0.2, -0.15) is 0 Å². The monoisotopic (exact) mass is 290 g/mol. The summed E-state index contributed by atoms with van der Waals surface area (Å²) in [5, 5.41) is 12.6. The third-order valence-electron chi connectivity index (χ3n) is 1.67. The first-order valence-corrected chi connectivity index (χ1v) is 6.42. The maximum absolute atomic E-state index is 9.96. The number of aromatic nitrogens is 2. The smallest absolute Gasteiger partial charge is 0.142 e. The van der Waals surface area contributed by atoms with E-state index in [9.17, 15) is 5.11 Å². The summed E-state index contributed by atoms with van der Waals surface area (Å²) in [6, 6.07) is 0. The number of thiazole rings is 2. The van der Waals surface area contributed by atoms with Crippen LogP contribution >= 0.6 is 38.6 Å². The summed E-state index contributed by atoms with van der Waals surface area (Å²) >= 11 is 6.17. The van der Waals surface area contributed by atoms with E-state index < -0.39 is 6.10 Å². The number of halogens is 1. The molecule has 2 aromatic heterocycles. The lowest BCUT2D eigenvalue weighted by Gasteiger charge is -2.03. The summed E-state index contributed by atoms with van der Waals surface area (Å²) < 4.78 is 0.697. The SMILES string of the molecule is Cc1csc(C(O)c2scnc2Br)n1. The van der Waals surface area contributed by atoms with Gasteiger partial charge in [-0.25, -0.2) is 9.97 Å². The molecule has 0 saturated carbocycles. The van der Waals surface area contributed by atoms with E-state index in [0.29, 0.717) is 9.61 Å². The van der Waals surface area contributed by atoms with Crippen LogP contribution in [0.4, 0.5) is 0 Å². The Kier molecular flexibility index (Phi) is 2.96. The van der Waals surface area contributed by atoms with Gasteiger partial charge in [0, 0.05) is 11.1 Å². The van der Waals surface area contributed by atoms with Gasteiger partial charge in [-0.05, 0) is 22.9 Å². The van der Waals surface area contributed by atoms with Crippen LogP contribution in [0.1, 0.15) is 21.7 Å². The summed E-state index contributed by atoms with van der Waals surface area (Å²) in [5.74, 6) is 0. The van der Waals surface area contributed by atoms with Crippen LogP contribution in [0.2, 0.25) is 0 Å². The van der Waals surface area contributed by atoms with Crippen LogP contribution in [-0.2, 0) is 0 Å². The molecule has 74 valence electrons. The third kappa shape index (κ3) is 1.88. The number of nitrogens with zero attached hydrogens (tertiary/aromatic N) is 2. The minimum Gasteiger partial charge on any atom is -0.380 e. The first-order valence-electron chi connectivity index (χ1n) is 3.87. The largest absolute Gasteiger partial charge is 0.380 e. The molecule has 0 aromatic carbocycles. The number of aliphatic hydroxyl groups excluding tert-OH is 1. The lowest BCUT2D eigenvalue weighted by Crippen LogP contribution is -1.97. The van der Waals surface area contributed by atoms with Crippen molar-refractivity contribution in [1.29, 1.82) is 0 Å². The summed E-state index contributed by atoms with van der Waals surface area (Å²) in [7, 11) is 0. The lowest BCUT2D eigenvalue weighted by atomic mass is 10.3. The first-order chi connectivity index (χ1) is 6.68. The maximum Gasteiger partial charge on any atom is 0.142 e. The Labute approximate surface area is 97.6 Å². The lowest BCUT2D eigenvalue weighted by molar-refractivity contribution is 0.222. The second-order valence-electron chi connectivity index (χ2n) is 2.74. The van der Waals surface area contributed by atoms with E-state index in [2.05, 4.69) is 25.9 Å². The van der Waals surface area contributed by atoms with Crippen molar-refractivity contribution in [2.75, 3.05) is 0 Å². The van der Waals surface area contributed by atoms with Crippen LogP contribution in [-0.4, -0.2) is 15.1 Å². The van der Waals surface area contributed by atoms with Crippen LogP contribution in [0, 0.1) is 6.92 Å². The zero-order valence-corrected chi connectivity index (χ0v) is 10.5. The molecule has 1 N–H and O–H groups in total. The van der Waals surface area contributed by atoms with Crippen molar-refractivity contribution in [2.24, 2.45) is 0 Å². The van der Waals surface area contributed by atoms with Crippen molar-refractivity contribution in [3.05, 3.63) is 31.1 Å². The Morgan fingerprint density at radius 1 is 1.50 bits per heavy atom. The van der Waals surface area contributed by atoms with Gasteiger partial charge in [0.25, 0.3) is 0 Å². The molecular formula is C8H7BrN2OS2. The molecule has 0 aliphatic carbocycles. The molecule has 0 bridgehead atoms. The molecule has 2 aromatic rings. The highest BCUT2D eigenvalue weighted by Gasteiger charge is 2.18. The van der Waals surface area contributed by atoms with Gasteiger partial charge in [0.05, 0.1) is 10.4 Å². The van der Waals surface area contributed by atoms with Gasteiger partial charge in [0.15, 0.2) is 0 Å². The van der Waals surface area contributed by atoms with Gasteiger partial charge < -0.3 is 5.11 Å². The maximum atomic E-state index is 9.96. The van der Waals surface area contributed by atoms with Gasteiger partial charge >= 0.3 is 0 Å². The number of aryl methyl sites for hydroxylation is 1. The van der Waals surface area contributed by atoms with Crippen molar-refractivity contribution >= 4 is 38.6 Å². The van der Waals surface area contributed by atoms with E-state index in [0.717, 1.165) is 10.6 Å². The van der Waals surface area contributed by atoms with E-state index in [-0.39, 0.29) is 0 Å². The summed E-state index contributed by atoms with van der Waals surface area (Å²) in [5.41, 5.74) is 2.63. The van der Waals surface area contributed by atoms with Crippen molar-refractivity contribution in [3.63, 3.8) is 0 Å². The standard InChI is InChI=1S/C8H7BrN2OS2/c1-4-2-13-8(11-4)5(12)6-7(9)10-3-14-6/h2-3,5,12H,1H3. The minimum atomic E-state index is -0.657. The highest BCUT2D eigenvalue weighted by Crippen LogP contribution is 2.32. The third-order valence-corrected chi connectivity index (χ3v) is 4.46. The highest BCUT2D eigenvalue weighted by molar-refractivity contribution is 9.10. The zero-order chi connectivity index (χ0) is 10.1. The molecule has 0 saturated heterocycles. The molecule has 2 heterocycles. The molecule has 2 rings (SSSR count). The van der Waals surface area contributed by atoms with Crippen LogP contribution < -0.4 is 0 Å². The molecule has 0 aliphatic heterocycles. The van der Waals surface area contributed by atoms with Gasteiger partial charge in [-0.1, -0.05) is 0 Å². The number of aliphatic hydroxyl groups is 1. The van der Waals surface area contributed by atoms with Gasteiger partial charge in [0.2, 0.25) is 0 Å². The minimum absolute atomic E-state index is 0.657. The topological polar surface area (TPSA) is 46.0 Å². The van der Waals surface area contributed by atoms with Crippen LogP contribution in [0.3, 0.4) is 0 Å². The average molecular weight is 291 g/mol. The van der Waals surface area contributed by atoms with Crippen molar-refractivity contribution in [2.45, 2.75) is 13.0 Å². The zero-order valence-electron chi connectivity index (χ0n) is 7.27. The molecule has 0 fully saturated rings. The quantitative estimate of drug-likeness (QED) is 0.925. The first kappa shape index (κ1) is 10.2. The predicted molar refractivity (Wildman–Crippen MR) is 60.7 cm³/mol. The second-order valence-corrected chi connectivity index (χ2v) is 5.26. The number of hydrogen-bond acceptors (Lipinski definition) is 5. The molecule has 0 spiro atoms. The molecule has 1 unspecified atom stereocenters. The molecule has 1 atom stereocenters. The van der Waals surface area contributed by atoms with Crippen LogP contribution in [0.25, 0.3) is 0 Å².